The Morgan fingerprint density at radius 1 is 1.16 bits per heavy atom. The van der Waals surface area contributed by atoms with Gasteiger partial charge in [-0.3, -0.25) is 19.0 Å². The molecule has 4 rings (SSSR count). The van der Waals surface area contributed by atoms with Gasteiger partial charge in [0, 0.05) is 0 Å². The Bertz CT molecular complexity index is 1380. The molecule has 2 aromatic carbocycles. The van der Waals surface area contributed by atoms with Crippen molar-refractivity contribution in [1.29, 1.82) is 0 Å². The highest BCUT2D eigenvalue weighted by Crippen LogP contribution is 2.28. The lowest BCUT2D eigenvalue weighted by Gasteiger charge is -2.15. The van der Waals surface area contributed by atoms with Gasteiger partial charge in [0.25, 0.3) is 11.5 Å². The van der Waals surface area contributed by atoms with Crippen LogP contribution in [0.15, 0.2) is 69.9 Å². The Morgan fingerprint density at radius 2 is 1.91 bits per heavy atom. The van der Waals surface area contributed by atoms with Crippen molar-refractivity contribution < 1.29 is 14.3 Å². The van der Waals surface area contributed by atoms with Crippen molar-refractivity contribution >= 4 is 50.8 Å². The number of methoxy groups -OCH3 is 1. The minimum absolute atomic E-state index is 0.0317. The third kappa shape index (κ3) is 4.23. The smallest absolute Gasteiger partial charge is 0.266 e. The lowest BCUT2D eigenvalue weighted by atomic mass is 10.2. The summed E-state index contributed by atoms with van der Waals surface area (Å²) < 4.78 is 6.88. The van der Waals surface area contributed by atoms with Gasteiger partial charge in [0.2, 0.25) is 5.91 Å². The average Bonchev–Trinajstić information content (AvgIpc) is 3.26. The highest BCUT2D eigenvalue weighted by Gasteiger charge is 2.18. The summed E-state index contributed by atoms with van der Waals surface area (Å²) in [5.41, 5.74) is 6.37. The van der Waals surface area contributed by atoms with E-state index >= 15 is 0 Å². The fraction of sp³-hybridized carbons (Fsp3) is 0.0909. The van der Waals surface area contributed by atoms with Crippen LogP contribution in [0.4, 0.5) is 5.00 Å². The number of hydrogen-bond donors (Lipinski definition) is 2. The van der Waals surface area contributed by atoms with Gasteiger partial charge < -0.3 is 15.8 Å². The molecule has 162 valence electrons. The number of aromatic nitrogens is 2. The molecule has 2 heterocycles. The van der Waals surface area contributed by atoms with E-state index in [1.807, 2.05) is 0 Å². The van der Waals surface area contributed by atoms with E-state index in [-0.39, 0.29) is 22.8 Å². The summed E-state index contributed by atoms with van der Waals surface area (Å²) in [7, 11) is 1.52. The predicted octanol–water partition coefficient (Wildman–Crippen LogP) is 3.29. The van der Waals surface area contributed by atoms with E-state index in [1.165, 1.54) is 23.0 Å². The van der Waals surface area contributed by atoms with Crippen molar-refractivity contribution in [2.24, 2.45) is 5.73 Å². The molecule has 0 atom stereocenters. The minimum atomic E-state index is -0.615. The maximum absolute atomic E-state index is 13.3. The number of amides is 2. The van der Waals surface area contributed by atoms with E-state index in [2.05, 4.69) is 10.3 Å². The number of rotatable bonds is 7. The first-order chi connectivity index (χ1) is 15.5. The number of hydrogen-bond acceptors (Lipinski definition) is 7. The zero-order chi connectivity index (χ0) is 22.7. The van der Waals surface area contributed by atoms with Crippen molar-refractivity contribution in [2.75, 3.05) is 18.2 Å². The molecule has 0 fully saturated rings. The van der Waals surface area contributed by atoms with Gasteiger partial charge in [-0.25, -0.2) is 4.98 Å². The number of carbonyl (C=O) groups excluding carboxylic acids is 2. The zero-order valence-corrected chi connectivity index (χ0v) is 18.5. The number of nitrogens with zero attached hydrogens (tertiary/aromatic N) is 2. The molecule has 0 bridgehead atoms. The van der Waals surface area contributed by atoms with Crippen molar-refractivity contribution in [1.82, 2.24) is 9.55 Å². The topological polar surface area (TPSA) is 116 Å². The molecule has 0 saturated carbocycles. The number of benzene rings is 2. The monoisotopic (exact) mass is 466 g/mol. The third-order valence-corrected chi connectivity index (χ3v) is 6.36. The third-order valence-electron chi connectivity index (χ3n) is 4.59. The second-order valence-electron chi connectivity index (χ2n) is 6.59. The first kappa shape index (κ1) is 21.6. The maximum atomic E-state index is 13.3. The minimum Gasteiger partial charge on any atom is -0.495 e. The number of carbonyl (C=O) groups is 2. The molecule has 2 amide bonds. The quantitative estimate of drug-likeness (QED) is 0.319. The van der Waals surface area contributed by atoms with Crippen LogP contribution in [0.5, 0.6) is 5.75 Å². The molecule has 0 aliphatic heterocycles. The number of nitrogens with two attached hydrogens (primary N) is 1. The molecular formula is C22H18N4O4S2. The van der Waals surface area contributed by atoms with Crippen molar-refractivity contribution in [3.8, 4) is 11.4 Å². The van der Waals surface area contributed by atoms with Crippen LogP contribution in [0, 0.1) is 0 Å². The highest BCUT2D eigenvalue weighted by atomic mass is 32.2. The summed E-state index contributed by atoms with van der Waals surface area (Å²) in [4.78, 5) is 42.0. The largest absolute Gasteiger partial charge is 0.495 e. The van der Waals surface area contributed by atoms with E-state index in [9.17, 15) is 14.4 Å². The first-order valence-electron chi connectivity index (χ1n) is 9.44. The molecule has 10 heteroatoms. The Labute approximate surface area is 191 Å². The second-order valence-corrected chi connectivity index (χ2v) is 8.45. The van der Waals surface area contributed by atoms with Crippen LogP contribution in [0.25, 0.3) is 16.6 Å². The van der Waals surface area contributed by atoms with E-state index in [0.717, 1.165) is 11.8 Å². The van der Waals surface area contributed by atoms with Gasteiger partial charge in [0.05, 0.1) is 35.0 Å². The number of primary amides is 1. The van der Waals surface area contributed by atoms with E-state index in [4.69, 9.17) is 10.5 Å². The van der Waals surface area contributed by atoms with Crippen LogP contribution in [0.1, 0.15) is 10.4 Å². The standard InChI is InChI=1S/C22H18N4O4S2/c1-30-17-9-5-4-8-16(17)26-21(29)13-6-2-3-7-15(13)24-22(26)32-12-18(27)25-20-14(19(23)28)10-11-31-20/h2-11H,12H2,1H3,(H2,23,28)(H,25,27). The highest BCUT2D eigenvalue weighted by molar-refractivity contribution is 7.99. The summed E-state index contributed by atoms with van der Waals surface area (Å²) in [6.07, 6.45) is 0. The summed E-state index contributed by atoms with van der Waals surface area (Å²) in [6.45, 7) is 0. The second kappa shape index (κ2) is 9.25. The molecule has 0 unspecified atom stereocenters. The van der Waals surface area contributed by atoms with Crippen LogP contribution in [0.2, 0.25) is 0 Å². The van der Waals surface area contributed by atoms with Gasteiger partial charge in [-0.1, -0.05) is 36.0 Å². The molecule has 0 aliphatic carbocycles. The van der Waals surface area contributed by atoms with Gasteiger partial charge in [0.15, 0.2) is 5.16 Å². The zero-order valence-electron chi connectivity index (χ0n) is 16.9. The first-order valence-corrected chi connectivity index (χ1v) is 11.3. The molecule has 0 aliphatic rings. The maximum Gasteiger partial charge on any atom is 0.266 e. The van der Waals surface area contributed by atoms with Crippen molar-refractivity contribution in [2.45, 2.75) is 5.16 Å². The number of ether oxygens (including phenoxy) is 1. The molecule has 3 N–H and O–H groups in total. The fourth-order valence-electron chi connectivity index (χ4n) is 3.13. The number of thioether (sulfide) groups is 1. The number of fused-ring (bicyclic) bond motifs is 1. The lowest BCUT2D eigenvalue weighted by Crippen LogP contribution is -2.23. The van der Waals surface area contributed by atoms with Gasteiger partial charge in [0.1, 0.15) is 10.8 Å². The van der Waals surface area contributed by atoms with Crippen LogP contribution in [-0.4, -0.2) is 34.2 Å². The molecule has 2 aromatic heterocycles. The SMILES string of the molecule is COc1ccccc1-n1c(SCC(=O)Nc2sccc2C(N)=O)nc2ccccc2c1=O. The van der Waals surface area contributed by atoms with Crippen LogP contribution >= 0.6 is 23.1 Å². The van der Waals surface area contributed by atoms with Crippen molar-refractivity contribution in [3.63, 3.8) is 0 Å². The average molecular weight is 467 g/mol. The van der Waals surface area contributed by atoms with Crippen LogP contribution in [0.3, 0.4) is 0 Å². The van der Waals surface area contributed by atoms with Crippen LogP contribution < -0.4 is 21.3 Å². The Kier molecular flexibility index (Phi) is 6.24. The molecule has 0 radical (unpaired) electrons. The summed E-state index contributed by atoms with van der Waals surface area (Å²) in [5, 5.41) is 5.55. The summed E-state index contributed by atoms with van der Waals surface area (Å²) >= 11 is 2.31. The molecular weight excluding hydrogens is 448 g/mol. The normalized spacial score (nSPS) is 10.8. The van der Waals surface area contributed by atoms with Gasteiger partial charge in [-0.05, 0) is 35.7 Å². The van der Waals surface area contributed by atoms with E-state index in [0.29, 0.717) is 32.5 Å². The Balaban J connectivity index is 1.70. The van der Waals surface area contributed by atoms with E-state index in [1.54, 1.807) is 60.0 Å². The van der Waals surface area contributed by atoms with Crippen molar-refractivity contribution in [3.05, 3.63) is 75.9 Å². The molecule has 0 saturated heterocycles. The van der Waals surface area contributed by atoms with Gasteiger partial charge in [-0.2, -0.15) is 0 Å². The lowest BCUT2D eigenvalue weighted by molar-refractivity contribution is -0.113. The molecule has 32 heavy (non-hydrogen) atoms. The molecule has 0 spiro atoms. The van der Waals surface area contributed by atoms with Crippen LogP contribution in [-0.2, 0) is 4.79 Å². The van der Waals surface area contributed by atoms with Gasteiger partial charge in [-0.15, -0.1) is 11.3 Å². The Hall–Kier alpha value is -3.63. The molecule has 8 nitrogen and oxygen atoms in total. The van der Waals surface area contributed by atoms with Gasteiger partial charge >= 0.3 is 0 Å². The van der Waals surface area contributed by atoms with E-state index < -0.39 is 5.91 Å². The summed E-state index contributed by atoms with van der Waals surface area (Å²) in [6, 6.07) is 15.7. The number of anilines is 1. The fourth-order valence-corrected chi connectivity index (χ4v) is 4.74. The summed E-state index contributed by atoms with van der Waals surface area (Å²) in [5.74, 6) is -0.497. The number of nitrogens with one attached hydrogen (secondary N) is 1. The predicted molar refractivity (Wildman–Crippen MR) is 126 cm³/mol. The Morgan fingerprint density at radius 3 is 2.69 bits per heavy atom. The number of thiophene rings is 1. The number of para-hydroxylation sites is 3. The molecule has 4 aromatic rings.